The van der Waals surface area contributed by atoms with E-state index in [0.29, 0.717) is 5.56 Å². The number of rotatable bonds is 1. The highest BCUT2D eigenvalue weighted by atomic mass is 16.1. The highest BCUT2D eigenvalue weighted by Crippen LogP contribution is 2.55. The molecule has 0 radical (unpaired) electrons. The van der Waals surface area contributed by atoms with Crippen LogP contribution in [0.2, 0.25) is 0 Å². The van der Waals surface area contributed by atoms with E-state index in [1.54, 1.807) is 0 Å². The average Bonchev–Trinajstić information content (AvgIpc) is 2.70. The molecule has 3 heteroatoms. The molecule has 3 rings (SSSR count). The predicted octanol–water partition coefficient (Wildman–Crippen LogP) is 0.701. The number of benzene rings is 1. The van der Waals surface area contributed by atoms with Gasteiger partial charge in [0.2, 0.25) is 5.91 Å². The molecule has 0 bridgehead atoms. The van der Waals surface area contributed by atoms with Crippen molar-refractivity contribution in [2.75, 3.05) is 0 Å². The third-order valence-corrected chi connectivity index (χ3v) is 3.91. The Kier molecular flexibility index (Phi) is 1.55. The van der Waals surface area contributed by atoms with Crippen molar-refractivity contribution in [1.82, 2.24) is 0 Å². The topological polar surface area (TPSA) is 69.1 Å². The number of carbonyl (C=O) groups excluding carboxylic acids is 1. The summed E-state index contributed by atoms with van der Waals surface area (Å²) in [5.41, 5.74) is 14.7. The van der Waals surface area contributed by atoms with Crippen molar-refractivity contribution >= 4 is 5.91 Å². The number of aryl methyl sites for hydroxylation is 1. The molecular formula is C12H14N2O. The van der Waals surface area contributed by atoms with Crippen molar-refractivity contribution in [3.05, 3.63) is 34.9 Å². The van der Waals surface area contributed by atoms with Crippen LogP contribution in [0.1, 0.15) is 34.3 Å². The second-order valence-corrected chi connectivity index (χ2v) is 4.70. The van der Waals surface area contributed by atoms with Crippen LogP contribution in [0.25, 0.3) is 0 Å². The zero-order chi connectivity index (χ0) is 10.6. The molecule has 15 heavy (non-hydrogen) atoms. The molecule has 1 spiro atoms. The van der Waals surface area contributed by atoms with E-state index in [1.165, 1.54) is 11.1 Å². The van der Waals surface area contributed by atoms with Crippen molar-refractivity contribution < 1.29 is 4.79 Å². The van der Waals surface area contributed by atoms with Crippen LogP contribution in [0.3, 0.4) is 0 Å². The Morgan fingerprint density at radius 3 is 2.80 bits per heavy atom. The number of amides is 1. The molecule has 1 saturated carbocycles. The summed E-state index contributed by atoms with van der Waals surface area (Å²) in [7, 11) is 0. The Morgan fingerprint density at radius 2 is 2.20 bits per heavy atom. The minimum atomic E-state index is -0.353. The quantitative estimate of drug-likeness (QED) is 0.703. The molecule has 0 heterocycles. The molecule has 78 valence electrons. The first kappa shape index (κ1) is 8.92. The molecule has 0 saturated heterocycles. The first-order chi connectivity index (χ1) is 7.13. The Morgan fingerprint density at radius 1 is 1.47 bits per heavy atom. The zero-order valence-corrected chi connectivity index (χ0v) is 8.49. The summed E-state index contributed by atoms with van der Waals surface area (Å²) < 4.78 is 0. The summed E-state index contributed by atoms with van der Waals surface area (Å²) in [4.78, 5) is 11.1. The van der Waals surface area contributed by atoms with Crippen LogP contribution in [-0.4, -0.2) is 11.9 Å². The minimum absolute atomic E-state index is 0.181. The highest BCUT2D eigenvalue weighted by Gasteiger charge is 2.56. The van der Waals surface area contributed by atoms with E-state index >= 15 is 0 Å². The Bertz CT molecular complexity index is 455. The van der Waals surface area contributed by atoms with Crippen molar-refractivity contribution in [2.24, 2.45) is 11.5 Å². The normalized spacial score (nSPS) is 31.7. The fourth-order valence-corrected chi connectivity index (χ4v) is 2.83. The molecule has 2 unspecified atom stereocenters. The molecule has 0 aromatic heterocycles. The van der Waals surface area contributed by atoms with Crippen molar-refractivity contribution in [1.29, 1.82) is 0 Å². The molecular weight excluding hydrogens is 188 g/mol. The maximum absolute atomic E-state index is 11.1. The zero-order valence-electron chi connectivity index (χ0n) is 8.49. The summed E-state index contributed by atoms with van der Waals surface area (Å²) in [5.74, 6) is -0.353. The van der Waals surface area contributed by atoms with Gasteiger partial charge >= 0.3 is 0 Å². The lowest BCUT2D eigenvalue weighted by Gasteiger charge is -2.10. The van der Waals surface area contributed by atoms with Crippen LogP contribution < -0.4 is 11.5 Å². The molecule has 1 amide bonds. The van der Waals surface area contributed by atoms with Crippen LogP contribution in [0.15, 0.2) is 18.2 Å². The average molecular weight is 202 g/mol. The lowest BCUT2D eigenvalue weighted by Crippen LogP contribution is -2.17. The van der Waals surface area contributed by atoms with Gasteiger partial charge in [0.15, 0.2) is 0 Å². The molecule has 4 N–H and O–H groups in total. The smallest absolute Gasteiger partial charge is 0.248 e. The lowest BCUT2D eigenvalue weighted by molar-refractivity contribution is 0.1000. The second kappa shape index (κ2) is 2.61. The molecule has 2 aliphatic rings. The van der Waals surface area contributed by atoms with Gasteiger partial charge < -0.3 is 11.5 Å². The first-order valence-corrected chi connectivity index (χ1v) is 5.32. The van der Waals surface area contributed by atoms with Gasteiger partial charge in [-0.1, -0.05) is 6.07 Å². The van der Waals surface area contributed by atoms with E-state index in [1.807, 2.05) is 18.2 Å². The van der Waals surface area contributed by atoms with Crippen LogP contribution >= 0.6 is 0 Å². The van der Waals surface area contributed by atoms with Crippen LogP contribution in [0.5, 0.6) is 0 Å². The van der Waals surface area contributed by atoms with Gasteiger partial charge in [0.25, 0.3) is 0 Å². The summed E-state index contributed by atoms with van der Waals surface area (Å²) in [5, 5.41) is 0. The van der Waals surface area contributed by atoms with Crippen molar-refractivity contribution in [3.8, 4) is 0 Å². The molecule has 2 aliphatic carbocycles. The van der Waals surface area contributed by atoms with Gasteiger partial charge in [-0.15, -0.1) is 0 Å². The van der Waals surface area contributed by atoms with Crippen LogP contribution in [0, 0.1) is 0 Å². The van der Waals surface area contributed by atoms with E-state index in [9.17, 15) is 4.79 Å². The SMILES string of the molecule is NC(=O)c1ccc2c(c1)C1(CC2)CC1N. The van der Waals surface area contributed by atoms with Gasteiger partial charge in [-0.25, -0.2) is 0 Å². The first-order valence-electron chi connectivity index (χ1n) is 5.32. The number of carbonyl (C=O) groups is 1. The van der Waals surface area contributed by atoms with Gasteiger partial charge in [-0.05, 0) is 42.5 Å². The molecule has 1 fully saturated rings. The van der Waals surface area contributed by atoms with Gasteiger partial charge in [-0.2, -0.15) is 0 Å². The third kappa shape index (κ3) is 1.07. The number of nitrogens with two attached hydrogens (primary N) is 2. The fraction of sp³-hybridized carbons (Fsp3) is 0.417. The third-order valence-electron chi connectivity index (χ3n) is 3.91. The van der Waals surface area contributed by atoms with E-state index in [4.69, 9.17) is 11.5 Å². The Labute approximate surface area is 88.5 Å². The number of hydrogen-bond acceptors (Lipinski definition) is 2. The van der Waals surface area contributed by atoms with E-state index in [0.717, 1.165) is 19.3 Å². The van der Waals surface area contributed by atoms with Gasteiger partial charge in [0.1, 0.15) is 0 Å². The number of hydrogen-bond donors (Lipinski definition) is 2. The van der Waals surface area contributed by atoms with Crippen LogP contribution in [0.4, 0.5) is 0 Å². The number of fused-ring (bicyclic) bond motifs is 2. The summed E-state index contributed by atoms with van der Waals surface area (Å²) >= 11 is 0. The van der Waals surface area contributed by atoms with Crippen molar-refractivity contribution in [2.45, 2.75) is 30.7 Å². The lowest BCUT2D eigenvalue weighted by atomic mass is 9.95. The summed E-state index contributed by atoms with van der Waals surface area (Å²) in [6.07, 6.45) is 3.27. The second-order valence-electron chi connectivity index (χ2n) is 4.70. The molecule has 1 aromatic rings. The highest BCUT2D eigenvalue weighted by molar-refractivity contribution is 5.93. The Balaban J connectivity index is 2.11. The van der Waals surface area contributed by atoms with Crippen LogP contribution in [-0.2, 0) is 11.8 Å². The summed E-state index contributed by atoms with van der Waals surface area (Å²) in [6, 6.07) is 6.06. The van der Waals surface area contributed by atoms with Crippen molar-refractivity contribution in [3.63, 3.8) is 0 Å². The molecule has 2 atom stereocenters. The minimum Gasteiger partial charge on any atom is -0.366 e. The molecule has 0 aliphatic heterocycles. The Hall–Kier alpha value is -1.35. The monoisotopic (exact) mass is 202 g/mol. The van der Waals surface area contributed by atoms with Gasteiger partial charge in [0.05, 0.1) is 0 Å². The van der Waals surface area contributed by atoms with E-state index in [-0.39, 0.29) is 17.4 Å². The molecule has 1 aromatic carbocycles. The largest absolute Gasteiger partial charge is 0.366 e. The summed E-state index contributed by atoms with van der Waals surface area (Å²) in [6.45, 7) is 0. The molecule has 3 nitrogen and oxygen atoms in total. The van der Waals surface area contributed by atoms with E-state index < -0.39 is 0 Å². The van der Waals surface area contributed by atoms with Gasteiger partial charge in [-0.3, -0.25) is 4.79 Å². The number of primary amides is 1. The fourth-order valence-electron chi connectivity index (χ4n) is 2.83. The van der Waals surface area contributed by atoms with Gasteiger partial charge in [0, 0.05) is 17.0 Å². The standard InChI is InChI=1S/C12H14N2O/c13-10-6-12(10)4-3-7-1-2-8(11(14)15)5-9(7)12/h1-2,5,10H,3-4,6,13H2,(H2,14,15). The maximum atomic E-state index is 11.1. The predicted molar refractivity (Wildman–Crippen MR) is 57.6 cm³/mol. The maximum Gasteiger partial charge on any atom is 0.248 e. The van der Waals surface area contributed by atoms with E-state index in [2.05, 4.69) is 0 Å².